The quantitative estimate of drug-likeness (QED) is 0.804. The summed E-state index contributed by atoms with van der Waals surface area (Å²) in [6.45, 7) is 2.09. The van der Waals surface area contributed by atoms with E-state index in [1.54, 1.807) is 24.3 Å². The minimum Gasteiger partial charge on any atom is -0.349 e. The van der Waals surface area contributed by atoms with E-state index in [2.05, 4.69) is 12.2 Å². The molecule has 0 spiro atoms. The van der Waals surface area contributed by atoms with E-state index in [0.29, 0.717) is 28.1 Å². The maximum Gasteiger partial charge on any atom is 0.288 e. The van der Waals surface area contributed by atoms with E-state index in [9.17, 15) is 13.6 Å². The molecule has 0 radical (unpaired) electrons. The zero-order valence-electron chi connectivity index (χ0n) is 12.6. The van der Waals surface area contributed by atoms with Crippen molar-refractivity contribution in [3.8, 4) is 0 Å². The first-order valence-corrected chi connectivity index (χ1v) is 8.76. The van der Waals surface area contributed by atoms with Crippen LogP contribution in [0.2, 0.25) is 0 Å². The highest BCUT2D eigenvalue weighted by Crippen LogP contribution is 2.49. The molecule has 0 aromatic heterocycles. The van der Waals surface area contributed by atoms with E-state index >= 15 is 0 Å². The van der Waals surface area contributed by atoms with E-state index in [1.165, 1.54) is 25.7 Å². The molecule has 2 saturated carbocycles. The number of benzene rings is 1. The van der Waals surface area contributed by atoms with Gasteiger partial charge in [-0.05, 0) is 68.2 Å². The van der Waals surface area contributed by atoms with Crippen LogP contribution in [0.4, 0.5) is 8.78 Å². The zero-order chi connectivity index (χ0) is 15.7. The molecule has 120 valence electrons. The Morgan fingerprint density at radius 3 is 2.50 bits per heavy atom. The molecule has 1 aromatic rings. The Hall–Kier alpha value is -1.10. The Bertz CT molecular complexity index is 534. The lowest BCUT2D eigenvalue weighted by Crippen LogP contribution is -2.40. The highest BCUT2D eigenvalue weighted by Gasteiger charge is 2.42. The van der Waals surface area contributed by atoms with Crippen LogP contribution in [0, 0.1) is 17.8 Å². The van der Waals surface area contributed by atoms with Gasteiger partial charge in [0.05, 0.1) is 0 Å². The fraction of sp³-hybridized carbons (Fsp3) is 0.588. The summed E-state index contributed by atoms with van der Waals surface area (Å²) in [6.07, 6.45) is 5.21. The van der Waals surface area contributed by atoms with Crippen molar-refractivity contribution in [3.05, 3.63) is 29.8 Å². The molecule has 2 aliphatic carbocycles. The number of thioether (sulfide) groups is 1. The maximum atomic E-state index is 12.3. The van der Waals surface area contributed by atoms with Crippen molar-refractivity contribution in [2.45, 2.75) is 49.3 Å². The molecule has 22 heavy (non-hydrogen) atoms. The van der Waals surface area contributed by atoms with Crippen LogP contribution < -0.4 is 5.32 Å². The van der Waals surface area contributed by atoms with E-state index < -0.39 is 5.76 Å². The van der Waals surface area contributed by atoms with E-state index in [1.807, 2.05) is 0 Å². The Balaban J connectivity index is 1.57. The minimum absolute atomic E-state index is 0.108. The molecule has 2 bridgehead atoms. The fourth-order valence-electron chi connectivity index (χ4n) is 4.09. The summed E-state index contributed by atoms with van der Waals surface area (Å²) >= 11 is 0.496. The van der Waals surface area contributed by atoms with Gasteiger partial charge >= 0.3 is 0 Å². The second kappa shape index (κ2) is 6.57. The van der Waals surface area contributed by atoms with Gasteiger partial charge in [-0.3, -0.25) is 4.79 Å². The Kier molecular flexibility index (Phi) is 4.71. The molecule has 1 N–H and O–H groups in total. The molecule has 1 aromatic carbocycles. The summed E-state index contributed by atoms with van der Waals surface area (Å²) in [5.41, 5.74) is 0.536. The first-order valence-electron chi connectivity index (χ1n) is 7.88. The van der Waals surface area contributed by atoms with Crippen LogP contribution in [0.3, 0.4) is 0 Å². The average molecular weight is 325 g/mol. The molecular formula is C17H21F2NOS. The standard InChI is InChI=1S/C17H21F2NOS/c1-10(15-9-11-2-3-13(15)8-11)20-16(21)12-4-6-14(7-5-12)22-17(18)19/h4-7,10-11,13,15,17H,2-3,8-9H2,1H3,(H,20,21). The Labute approximate surface area is 134 Å². The lowest BCUT2D eigenvalue weighted by atomic mass is 9.84. The third kappa shape index (κ3) is 3.45. The number of hydrogen-bond donors (Lipinski definition) is 1. The number of carbonyl (C=O) groups is 1. The Morgan fingerprint density at radius 2 is 1.95 bits per heavy atom. The van der Waals surface area contributed by atoms with Crippen molar-refractivity contribution in [2.24, 2.45) is 17.8 Å². The van der Waals surface area contributed by atoms with Crippen LogP contribution >= 0.6 is 11.8 Å². The van der Waals surface area contributed by atoms with Gasteiger partial charge in [0, 0.05) is 16.5 Å². The van der Waals surface area contributed by atoms with Crippen LogP contribution in [0.5, 0.6) is 0 Å². The topological polar surface area (TPSA) is 29.1 Å². The molecule has 2 fully saturated rings. The highest BCUT2D eigenvalue weighted by molar-refractivity contribution is 7.99. The largest absolute Gasteiger partial charge is 0.349 e. The van der Waals surface area contributed by atoms with Crippen LogP contribution in [-0.4, -0.2) is 17.7 Å². The summed E-state index contributed by atoms with van der Waals surface area (Å²) in [5, 5.41) is 3.09. The second-order valence-corrected chi connectivity index (χ2v) is 7.57. The molecule has 2 aliphatic rings. The average Bonchev–Trinajstić information content (AvgIpc) is 3.10. The third-order valence-electron chi connectivity index (χ3n) is 5.14. The molecule has 3 rings (SSSR count). The van der Waals surface area contributed by atoms with Gasteiger partial charge in [-0.2, -0.15) is 8.78 Å². The van der Waals surface area contributed by atoms with Crippen LogP contribution in [-0.2, 0) is 0 Å². The molecule has 0 aliphatic heterocycles. The highest BCUT2D eigenvalue weighted by atomic mass is 32.2. The number of fused-ring (bicyclic) bond motifs is 2. The van der Waals surface area contributed by atoms with E-state index in [0.717, 1.165) is 11.8 Å². The molecule has 1 amide bonds. The maximum absolute atomic E-state index is 12.3. The second-order valence-electron chi connectivity index (χ2n) is 6.50. The normalized spacial score (nSPS) is 28.1. The fourth-order valence-corrected chi connectivity index (χ4v) is 4.59. The number of carbonyl (C=O) groups excluding carboxylic acids is 1. The van der Waals surface area contributed by atoms with Gasteiger partial charge in [0.15, 0.2) is 0 Å². The first-order chi connectivity index (χ1) is 10.5. The van der Waals surface area contributed by atoms with Crippen molar-refractivity contribution in [1.29, 1.82) is 0 Å². The van der Waals surface area contributed by atoms with Crippen LogP contribution in [0.15, 0.2) is 29.2 Å². The molecule has 0 saturated heterocycles. The molecule has 4 unspecified atom stereocenters. The zero-order valence-corrected chi connectivity index (χ0v) is 13.4. The van der Waals surface area contributed by atoms with Crippen molar-refractivity contribution >= 4 is 17.7 Å². The molecule has 2 nitrogen and oxygen atoms in total. The molecule has 0 heterocycles. The van der Waals surface area contributed by atoms with Crippen molar-refractivity contribution in [2.75, 3.05) is 0 Å². The summed E-state index contributed by atoms with van der Waals surface area (Å²) < 4.78 is 24.6. The van der Waals surface area contributed by atoms with Gasteiger partial charge in [-0.1, -0.05) is 18.2 Å². The summed E-state index contributed by atoms with van der Waals surface area (Å²) in [4.78, 5) is 12.8. The minimum atomic E-state index is -2.43. The molecule has 5 heteroatoms. The third-order valence-corrected chi connectivity index (χ3v) is 5.86. The van der Waals surface area contributed by atoms with Crippen LogP contribution in [0.1, 0.15) is 43.0 Å². The lowest BCUT2D eigenvalue weighted by Gasteiger charge is -2.28. The summed E-state index contributed by atoms with van der Waals surface area (Å²) in [7, 11) is 0. The first kappa shape index (κ1) is 15.8. The van der Waals surface area contributed by atoms with Gasteiger partial charge in [0.1, 0.15) is 0 Å². The van der Waals surface area contributed by atoms with Crippen LogP contribution in [0.25, 0.3) is 0 Å². The number of halogens is 2. The van der Waals surface area contributed by atoms with Gasteiger partial charge in [-0.25, -0.2) is 0 Å². The summed E-state index contributed by atoms with van der Waals surface area (Å²) in [6, 6.07) is 6.57. The predicted molar refractivity (Wildman–Crippen MR) is 84.2 cm³/mol. The number of hydrogen-bond acceptors (Lipinski definition) is 2. The smallest absolute Gasteiger partial charge is 0.288 e. The van der Waals surface area contributed by atoms with Crippen molar-refractivity contribution < 1.29 is 13.6 Å². The number of alkyl halides is 2. The van der Waals surface area contributed by atoms with E-state index in [4.69, 9.17) is 0 Å². The number of amides is 1. The van der Waals surface area contributed by atoms with Gasteiger partial charge in [0.25, 0.3) is 11.7 Å². The SMILES string of the molecule is CC(NC(=O)c1ccc(SC(F)F)cc1)C1CC2CCC1C2. The monoisotopic (exact) mass is 325 g/mol. The molecular weight excluding hydrogens is 304 g/mol. The van der Waals surface area contributed by atoms with E-state index in [-0.39, 0.29) is 11.9 Å². The van der Waals surface area contributed by atoms with Gasteiger partial charge < -0.3 is 5.32 Å². The Morgan fingerprint density at radius 1 is 1.23 bits per heavy atom. The van der Waals surface area contributed by atoms with Gasteiger partial charge in [0.2, 0.25) is 0 Å². The molecule has 4 atom stereocenters. The lowest BCUT2D eigenvalue weighted by molar-refractivity contribution is 0.0915. The summed E-state index contributed by atoms with van der Waals surface area (Å²) in [5.74, 6) is -0.317. The van der Waals surface area contributed by atoms with Crippen molar-refractivity contribution in [1.82, 2.24) is 5.32 Å². The number of nitrogens with one attached hydrogen (secondary N) is 1. The number of rotatable bonds is 5. The van der Waals surface area contributed by atoms with Crippen molar-refractivity contribution in [3.63, 3.8) is 0 Å². The van der Waals surface area contributed by atoms with Gasteiger partial charge in [-0.15, -0.1) is 0 Å². The predicted octanol–water partition coefficient (Wildman–Crippen LogP) is 4.56.